The Morgan fingerprint density at radius 3 is 2.83 bits per heavy atom. The number of ether oxygens (including phenoxy) is 1. The Morgan fingerprint density at radius 2 is 2.33 bits per heavy atom. The number of carbonyl (C=O) groups excluding carboxylic acids is 2. The normalized spacial score (nSPS) is 8.75. The zero-order chi connectivity index (χ0) is 9.40. The molecule has 0 bridgehead atoms. The van der Waals surface area contributed by atoms with Crippen molar-refractivity contribution in [2.24, 2.45) is 0 Å². The Hall–Kier alpha value is -1.36. The van der Waals surface area contributed by atoms with Gasteiger partial charge in [-0.2, -0.15) is 0 Å². The van der Waals surface area contributed by atoms with Gasteiger partial charge >= 0.3 is 12.4 Å². The van der Waals surface area contributed by atoms with Gasteiger partial charge in [0.1, 0.15) is 6.61 Å². The van der Waals surface area contributed by atoms with Crippen molar-refractivity contribution in [3.8, 4) is 0 Å². The number of rotatable bonds is 6. The van der Waals surface area contributed by atoms with Crippen molar-refractivity contribution in [3.05, 3.63) is 12.2 Å². The lowest BCUT2D eigenvalue weighted by Crippen LogP contribution is -2.21. The van der Waals surface area contributed by atoms with Crippen LogP contribution in [0.2, 0.25) is 0 Å². The number of nitrogens with one attached hydrogen (secondary N) is 1. The predicted octanol–water partition coefficient (Wildman–Crippen LogP) is -0.306. The molecule has 5 nitrogen and oxygen atoms in total. The van der Waals surface area contributed by atoms with E-state index in [4.69, 9.17) is 0 Å². The maximum absolute atomic E-state index is 10.7. The molecule has 0 aromatic carbocycles. The van der Waals surface area contributed by atoms with Crippen LogP contribution in [0, 0.1) is 0 Å². The highest BCUT2D eigenvalue weighted by Gasteiger charge is 2.01. The fourth-order valence-electron chi connectivity index (χ4n) is 0.389. The maximum atomic E-state index is 10.7. The lowest BCUT2D eigenvalue weighted by molar-refractivity contribution is -0.139. The first-order valence-corrected chi connectivity index (χ1v) is 3.27. The number of carbonyl (C=O) groups is 1. The average molecular weight is 172 g/mol. The smallest absolute Gasteiger partial charge is 0.437 e. The van der Waals surface area contributed by atoms with E-state index in [0.717, 1.165) is 6.47 Å². The van der Waals surface area contributed by atoms with Gasteiger partial charge in [0.15, 0.2) is 0 Å². The lowest BCUT2D eigenvalue weighted by atomic mass is 10.4. The molecule has 0 unspecified atom stereocenters. The topological polar surface area (TPSA) is 64.6 Å². The Kier molecular flexibility index (Phi) is 5.64. The Morgan fingerprint density at radius 1 is 1.67 bits per heavy atom. The van der Waals surface area contributed by atoms with Crippen LogP contribution < -0.4 is 5.48 Å². The minimum absolute atomic E-state index is 0.118. The summed E-state index contributed by atoms with van der Waals surface area (Å²) in [6.45, 7) is 6.44. The van der Waals surface area contributed by atoms with E-state index in [1.54, 1.807) is 6.92 Å². The first-order chi connectivity index (χ1) is 5.68. The van der Waals surface area contributed by atoms with Crippen molar-refractivity contribution in [3.63, 3.8) is 0 Å². The first-order valence-electron chi connectivity index (χ1n) is 3.27. The minimum Gasteiger partial charge on any atom is -0.461 e. The molecule has 0 aliphatic rings. The third-order valence-corrected chi connectivity index (χ3v) is 0.900. The van der Waals surface area contributed by atoms with E-state index < -0.39 is 5.97 Å². The Balaban J connectivity index is 3.25. The SMILES string of the molecule is C=C(C)C(=O)OCCNO[C]=O. The number of hydrogen-bond acceptors (Lipinski definition) is 5. The molecule has 0 saturated heterocycles. The molecule has 0 aromatic rings. The molecule has 0 aliphatic heterocycles. The van der Waals surface area contributed by atoms with Gasteiger partial charge in [0.25, 0.3) is 0 Å². The van der Waals surface area contributed by atoms with Gasteiger partial charge in [-0.1, -0.05) is 6.58 Å². The number of esters is 1. The largest absolute Gasteiger partial charge is 0.461 e. The van der Waals surface area contributed by atoms with E-state index in [-0.39, 0.29) is 13.2 Å². The highest BCUT2D eigenvalue weighted by atomic mass is 16.7. The van der Waals surface area contributed by atoms with E-state index in [2.05, 4.69) is 21.6 Å². The molecule has 5 heteroatoms. The van der Waals surface area contributed by atoms with Crippen LogP contribution in [0.5, 0.6) is 0 Å². The molecule has 1 radical (unpaired) electrons. The standard InChI is InChI=1S/C7H10NO4/c1-6(2)7(10)11-4-3-8-12-5-9/h8H,1,3-4H2,2H3. The summed E-state index contributed by atoms with van der Waals surface area (Å²) in [5, 5.41) is 0. The molecule has 0 amide bonds. The molecule has 0 rings (SSSR count). The molecule has 1 N–H and O–H groups in total. The van der Waals surface area contributed by atoms with E-state index in [1.165, 1.54) is 0 Å². The Labute approximate surface area is 70.3 Å². The van der Waals surface area contributed by atoms with Gasteiger partial charge in [0.05, 0.1) is 6.54 Å². The monoisotopic (exact) mass is 172 g/mol. The van der Waals surface area contributed by atoms with Gasteiger partial charge < -0.3 is 9.57 Å². The molecule has 0 saturated carbocycles. The molecule has 67 valence electrons. The molecule has 0 heterocycles. The van der Waals surface area contributed by atoms with Crippen LogP contribution >= 0.6 is 0 Å². The van der Waals surface area contributed by atoms with Crippen LogP contribution in [-0.2, 0) is 19.2 Å². The fraction of sp³-hybridized carbons (Fsp3) is 0.429. The summed E-state index contributed by atoms with van der Waals surface area (Å²) in [4.78, 5) is 24.2. The van der Waals surface area contributed by atoms with Crippen molar-refractivity contribution < 1.29 is 19.2 Å². The second-order valence-electron chi connectivity index (χ2n) is 2.00. The van der Waals surface area contributed by atoms with Crippen LogP contribution in [0.3, 0.4) is 0 Å². The predicted molar refractivity (Wildman–Crippen MR) is 40.6 cm³/mol. The van der Waals surface area contributed by atoms with Crippen LogP contribution in [-0.4, -0.2) is 25.6 Å². The molecule has 0 aromatic heterocycles. The summed E-state index contributed by atoms with van der Waals surface area (Å²) in [7, 11) is 0. The van der Waals surface area contributed by atoms with Gasteiger partial charge in [0, 0.05) is 5.57 Å². The van der Waals surface area contributed by atoms with Crippen molar-refractivity contribution in [2.75, 3.05) is 13.2 Å². The van der Waals surface area contributed by atoms with Gasteiger partial charge in [-0.05, 0) is 6.92 Å². The quantitative estimate of drug-likeness (QED) is 0.258. The van der Waals surface area contributed by atoms with Crippen molar-refractivity contribution >= 4 is 12.4 Å². The van der Waals surface area contributed by atoms with Crippen molar-refractivity contribution in [1.29, 1.82) is 0 Å². The van der Waals surface area contributed by atoms with Crippen LogP contribution in [0.15, 0.2) is 12.2 Å². The van der Waals surface area contributed by atoms with Crippen molar-refractivity contribution in [1.82, 2.24) is 5.48 Å². The van der Waals surface area contributed by atoms with Gasteiger partial charge in [0.2, 0.25) is 0 Å². The highest BCUT2D eigenvalue weighted by Crippen LogP contribution is 1.90. The second kappa shape index (κ2) is 6.36. The zero-order valence-electron chi connectivity index (χ0n) is 6.75. The van der Waals surface area contributed by atoms with Crippen LogP contribution in [0.25, 0.3) is 0 Å². The first kappa shape index (κ1) is 10.6. The van der Waals surface area contributed by atoms with Crippen LogP contribution in [0.4, 0.5) is 0 Å². The summed E-state index contributed by atoms with van der Waals surface area (Å²) in [6, 6.07) is 0. The number of hydrogen-bond donors (Lipinski definition) is 1. The van der Waals surface area contributed by atoms with Gasteiger partial charge in [-0.3, -0.25) is 0 Å². The van der Waals surface area contributed by atoms with Crippen LogP contribution in [0.1, 0.15) is 6.92 Å². The second-order valence-corrected chi connectivity index (χ2v) is 2.00. The molecule has 12 heavy (non-hydrogen) atoms. The third-order valence-electron chi connectivity index (χ3n) is 0.900. The average Bonchev–Trinajstić information content (AvgIpc) is 2.03. The third kappa shape index (κ3) is 5.43. The van der Waals surface area contributed by atoms with Gasteiger partial charge in [-0.15, -0.1) is 5.48 Å². The summed E-state index contributed by atoms with van der Waals surface area (Å²) in [5.41, 5.74) is 2.53. The van der Waals surface area contributed by atoms with E-state index in [0.29, 0.717) is 5.57 Å². The van der Waals surface area contributed by atoms with Gasteiger partial charge in [-0.25, -0.2) is 9.59 Å². The summed E-state index contributed by atoms with van der Waals surface area (Å²) in [6.07, 6.45) is 0. The van der Waals surface area contributed by atoms with Crippen molar-refractivity contribution in [2.45, 2.75) is 6.92 Å². The van der Waals surface area contributed by atoms with E-state index in [1.807, 2.05) is 0 Å². The van der Waals surface area contributed by atoms with E-state index >= 15 is 0 Å². The molecule has 0 aliphatic carbocycles. The molecule has 0 atom stereocenters. The molecular weight excluding hydrogens is 162 g/mol. The molecule has 0 fully saturated rings. The highest BCUT2D eigenvalue weighted by molar-refractivity contribution is 5.86. The number of hydroxylamine groups is 1. The minimum atomic E-state index is -0.466. The summed E-state index contributed by atoms with van der Waals surface area (Å²) >= 11 is 0. The zero-order valence-corrected chi connectivity index (χ0v) is 6.75. The maximum Gasteiger partial charge on any atom is 0.437 e. The Bertz CT molecular complexity index is 178. The fourth-order valence-corrected chi connectivity index (χ4v) is 0.389. The summed E-state index contributed by atoms with van der Waals surface area (Å²) in [5.74, 6) is -0.466. The summed E-state index contributed by atoms with van der Waals surface area (Å²) < 4.78 is 4.64. The lowest BCUT2D eigenvalue weighted by Gasteiger charge is -2.02. The molecule has 0 spiro atoms. The van der Waals surface area contributed by atoms with E-state index in [9.17, 15) is 9.59 Å². The molecular formula is C7H10NO4.